The Labute approximate surface area is 166 Å². The molecule has 6 heteroatoms. The molecule has 28 heavy (non-hydrogen) atoms. The summed E-state index contributed by atoms with van der Waals surface area (Å²) in [6, 6.07) is 13.2. The molecule has 0 aromatic heterocycles. The van der Waals surface area contributed by atoms with Gasteiger partial charge in [0.05, 0.1) is 26.9 Å². The quantitative estimate of drug-likeness (QED) is 0.564. The third-order valence-electron chi connectivity index (χ3n) is 3.98. The number of aryl methyl sites for hydroxylation is 1. The molecule has 2 rings (SSSR count). The van der Waals surface area contributed by atoms with E-state index in [0.29, 0.717) is 50.7 Å². The molecule has 0 saturated carbocycles. The summed E-state index contributed by atoms with van der Waals surface area (Å²) in [6.45, 7) is 5.87. The Bertz CT molecular complexity index is 747. The molecule has 0 atom stereocenters. The first-order valence-corrected chi connectivity index (χ1v) is 9.58. The van der Waals surface area contributed by atoms with Crippen molar-refractivity contribution in [1.82, 2.24) is 5.32 Å². The largest absolute Gasteiger partial charge is 0.497 e. The lowest BCUT2D eigenvalue weighted by molar-refractivity contribution is -0.121. The number of nitrogens with one attached hydrogen (secondary N) is 1. The fourth-order valence-electron chi connectivity index (χ4n) is 2.65. The smallest absolute Gasteiger partial charge is 0.220 e. The molecule has 0 aliphatic heterocycles. The summed E-state index contributed by atoms with van der Waals surface area (Å²) in [7, 11) is 1.61. The van der Waals surface area contributed by atoms with E-state index in [0.717, 1.165) is 17.1 Å². The molecule has 0 fully saturated rings. The lowest BCUT2D eigenvalue weighted by Gasteiger charge is -2.12. The molecule has 0 heterocycles. The Morgan fingerprint density at radius 3 is 2.43 bits per heavy atom. The predicted octanol–water partition coefficient (Wildman–Crippen LogP) is 3.62. The van der Waals surface area contributed by atoms with Crippen molar-refractivity contribution in [2.24, 2.45) is 0 Å². The maximum absolute atomic E-state index is 12.1. The average molecular weight is 387 g/mol. The molecule has 6 nitrogen and oxygen atoms in total. The van der Waals surface area contributed by atoms with Gasteiger partial charge in [0.2, 0.25) is 5.91 Å². The van der Waals surface area contributed by atoms with Crippen molar-refractivity contribution in [3.8, 4) is 23.0 Å². The van der Waals surface area contributed by atoms with Gasteiger partial charge in [-0.2, -0.15) is 0 Å². The van der Waals surface area contributed by atoms with E-state index in [1.54, 1.807) is 7.11 Å². The second-order valence-corrected chi connectivity index (χ2v) is 6.02. The Morgan fingerprint density at radius 1 is 0.929 bits per heavy atom. The zero-order valence-corrected chi connectivity index (χ0v) is 16.8. The molecule has 0 radical (unpaired) electrons. The summed E-state index contributed by atoms with van der Waals surface area (Å²) in [5.41, 5.74) is 1.04. The first kappa shape index (κ1) is 21.4. The molecule has 0 bridgehead atoms. The van der Waals surface area contributed by atoms with Gasteiger partial charge in [-0.15, -0.1) is 0 Å². The fraction of sp³-hybridized carbons (Fsp3) is 0.409. The minimum absolute atomic E-state index is 0.0129. The van der Waals surface area contributed by atoms with Crippen molar-refractivity contribution in [2.75, 3.05) is 33.5 Å². The molecule has 1 amide bonds. The Hall–Kier alpha value is -2.89. The van der Waals surface area contributed by atoms with Crippen LogP contribution in [0.3, 0.4) is 0 Å². The topological polar surface area (TPSA) is 66.0 Å². The summed E-state index contributed by atoms with van der Waals surface area (Å²) < 4.78 is 22.0. The minimum atomic E-state index is -0.0129. The van der Waals surface area contributed by atoms with Gasteiger partial charge in [-0.1, -0.05) is 12.1 Å². The van der Waals surface area contributed by atoms with Crippen LogP contribution in [0.5, 0.6) is 23.0 Å². The van der Waals surface area contributed by atoms with Gasteiger partial charge in [-0.05, 0) is 50.1 Å². The Balaban J connectivity index is 1.73. The lowest BCUT2D eigenvalue weighted by Crippen LogP contribution is -2.28. The maximum Gasteiger partial charge on any atom is 0.220 e. The van der Waals surface area contributed by atoms with Crippen LogP contribution in [0.2, 0.25) is 0 Å². The molecule has 0 aliphatic carbocycles. The number of methoxy groups -OCH3 is 1. The summed E-state index contributed by atoms with van der Waals surface area (Å²) in [6.07, 6.45) is 1.04. The summed E-state index contributed by atoms with van der Waals surface area (Å²) in [4.78, 5) is 12.1. The third-order valence-corrected chi connectivity index (χ3v) is 3.98. The van der Waals surface area contributed by atoms with E-state index in [2.05, 4.69) is 5.32 Å². The number of hydrogen-bond donors (Lipinski definition) is 1. The maximum atomic E-state index is 12.1. The van der Waals surface area contributed by atoms with Gasteiger partial charge in [-0.25, -0.2) is 0 Å². The SMILES string of the molecule is CCOc1ccc(CCC(=O)NCCOc2cccc(OC)c2)cc1OCC. The predicted molar refractivity (Wildman–Crippen MR) is 109 cm³/mol. The van der Waals surface area contributed by atoms with Crippen LogP contribution in [0.4, 0.5) is 0 Å². The second-order valence-electron chi connectivity index (χ2n) is 6.02. The molecule has 152 valence electrons. The van der Waals surface area contributed by atoms with E-state index in [-0.39, 0.29) is 5.91 Å². The zero-order chi connectivity index (χ0) is 20.2. The first-order chi connectivity index (χ1) is 13.7. The van der Waals surface area contributed by atoms with Crippen molar-refractivity contribution in [3.63, 3.8) is 0 Å². The van der Waals surface area contributed by atoms with Crippen molar-refractivity contribution in [2.45, 2.75) is 26.7 Å². The molecule has 2 aromatic carbocycles. The molecule has 0 spiro atoms. The highest BCUT2D eigenvalue weighted by Gasteiger charge is 2.08. The van der Waals surface area contributed by atoms with E-state index in [1.165, 1.54) is 0 Å². The monoisotopic (exact) mass is 387 g/mol. The lowest BCUT2D eigenvalue weighted by atomic mass is 10.1. The van der Waals surface area contributed by atoms with Gasteiger partial charge in [0.15, 0.2) is 11.5 Å². The highest BCUT2D eigenvalue weighted by atomic mass is 16.5. The van der Waals surface area contributed by atoms with Crippen LogP contribution >= 0.6 is 0 Å². The van der Waals surface area contributed by atoms with E-state index < -0.39 is 0 Å². The van der Waals surface area contributed by atoms with E-state index in [1.807, 2.05) is 56.3 Å². The molecule has 1 N–H and O–H groups in total. The van der Waals surface area contributed by atoms with Crippen LogP contribution in [0.1, 0.15) is 25.8 Å². The van der Waals surface area contributed by atoms with Gasteiger partial charge in [0, 0.05) is 12.5 Å². The van der Waals surface area contributed by atoms with E-state index in [4.69, 9.17) is 18.9 Å². The first-order valence-electron chi connectivity index (χ1n) is 9.58. The van der Waals surface area contributed by atoms with Crippen molar-refractivity contribution in [1.29, 1.82) is 0 Å². The Morgan fingerprint density at radius 2 is 1.68 bits per heavy atom. The van der Waals surface area contributed by atoms with Crippen LogP contribution in [-0.4, -0.2) is 39.4 Å². The summed E-state index contributed by atoms with van der Waals surface area (Å²) in [5.74, 6) is 2.89. The third kappa shape index (κ3) is 7.02. The number of benzene rings is 2. The normalized spacial score (nSPS) is 10.2. The molecular formula is C22H29NO5. The van der Waals surface area contributed by atoms with Crippen molar-refractivity contribution < 1.29 is 23.7 Å². The van der Waals surface area contributed by atoms with Crippen LogP contribution in [0.25, 0.3) is 0 Å². The number of carbonyl (C=O) groups excluding carboxylic acids is 1. The van der Waals surface area contributed by atoms with Gasteiger partial charge >= 0.3 is 0 Å². The van der Waals surface area contributed by atoms with E-state index in [9.17, 15) is 4.79 Å². The standard InChI is InChI=1S/C22H29NO5/c1-4-26-20-11-9-17(15-21(20)27-5-2)10-12-22(24)23-13-14-28-19-8-6-7-18(16-19)25-3/h6-9,11,15-16H,4-5,10,12-14H2,1-3H3,(H,23,24). The summed E-state index contributed by atoms with van der Waals surface area (Å²) >= 11 is 0. The second kappa shape index (κ2) is 11.7. The molecule has 0 aliphatic rings. The highest BCUT2D eigenvalue weighted by Crippen LogP contribution is 2.29. The minimum Gasteiger partial charge on any atom is -0.497 e. The van der Waals surface area contributed by atoms with Gasteiger partial charge in [0.1, 0.15) is 18.1 Å². The van der Waals surface area contributed by atoms with Crippen LogP contribution in [0, 0.1) is 0 Å². The number of hydrogen-bond acceptors (Lipinski definition) is 5. The molecule has 0 saturated heterocycles. The number of ether oxygens (including phenoxy) is 4. The number of carbonyl (C=O) groups is 1. The zero-order valence-electron chi connectivity index (χ0n) is 16.8. The van der Waals surface area contributed by atoms with Crippen LogP contribution < -0.4 is 24.3 Å². The molecular weight excluding hydrogens is 358 g/mol. The Kier molecular flexibility index (Phi) is 8.98. The van der Waals surface area contributed by atoms with Crippen molar-refractivity contribution in [3.05, 3.63) is 48.0 Å². The number of rotatable bonds is 12. The van der Waals surface area contributed by atoms with Crippen molar-refractivity contribution >= 4 is 5.91 Å². The number of amides is 1. The van der Waals surface area contributed by atoms with Gasteiger partial charge in [-0.3, -0.25) is 4.79 Å². The van der Waals surface area contributed by atoms with Gasteiger partial charge in [0.25, 0.3) is 0 Å². The molecule has 0 unspecified atom stereocenters. The van der Waals surface area contributed by atoms with E-state index >= 15 is 0 Å². The summed E-state index contributed by atoms with van der Waals surface area (Å²) in [5, 5.41) is 2.87. The highest BCUT2D eigenvalue weighted by molar-refractivity contribution is 5.76. The van der Waals surface area contributed by atoms with Gasteiger partial charge < -0.3 is 24.3 Å². The van der Waals surface area contributed by atoms with Crippen LogP contribution in [-0.2, 0) is 11.2 Å². The average Bonchev–Trinajstić information content (AvgIpc) is 2.72. The van der Waals surface area contributed by atoms with Crippen LogP contribution in [0.15, 0.2) is 42.5 Å². The molecule has 2 aromatic rings. The fourth-order valence-corrected chi connectivity index (χ4v) is 2.65.